The number of carbonyl (C=O) groups is 3. The molecule has 2 saturated heterocycles. The Labute approximate surface area is 240 Å². The van der Waals surface area contributed by atoms with E-state index in [0.717, 1.165) is 30.4 Å². The molecule has 2 aliphatic heterocycles. The Morgan fingerprint density at radius 1 is 1.05 bits per heavy atom. The topological polar surface area (TPSA) is 145 Å². The van der Waals surface area contributed by atoms with Crippen LogP contribution in [0.1, 0.15) is 43.7 Å². The van der Waals surface area contributed by atoms with Crippen LogP contribution in [0, 0.1) is 17.7 Å². The smallest absolute Gasteiger partial charge is 0.259 e. The highest BCUT2D eigenvalue weighted by Gasteiger charge is 2.46. The maximum atomic E-state index is 13.6. The number of phenolic OH excluding ortho intramolecular Hbond substituents is 1. The molecule has 2 unspecified atom stereocenters. The summed E-state index contributed by atoms with van der Waals surface area (Å²) in [6, 6.07) is 11.9. The quantitative estimate of drug-likeness (QED) is 0.269. The second-order valence-corrected chi connectivity index (χ2v) is 11.2. The number of hydrogen-bond donors (Lipinski definition) is 4. The minimum Gasteiger partial charge on any atom is -0.508 e. The van der Waals surface area contributed by atoms with Crippen molar-refractivity contribution in [1.29, 1.82) is 0 Å². The number of phenols is 1. The highest BCUT2D eigenvalue weighted by atomic mass is 19.1. The van der Waals surface area contributed by atoms with Crippen LogP contribution >= 0.6 is 0 Å². The van der Waals surface area contributed by atoms with E-state index in [-0.39, 0.29) is 55.1 Å². The van der Waals surface area contributed by atoms with Crippen LogP contribution in [0.3, 0.4) is 0 Å². The third-order valence-electron chi connectivity index (χ3n) is 7.82. The van der Waals surface area contributed by atoms with Gasteiger partial charge in [-0.25, -0.2) is 9.40 Å². The summed E-state index contributed by atoms with van der Waals surface area (Å²) in [4.78, 5) is 44.2. The Balaban J connectivity index is 1.47. The summed E-state index contributed by atoms with van der Waals surface area (Å²) < 4.78 is 13.4. The number of nitrogens with zero attached hydrogens (tertiary/aromatic N) is 3. The summed E-state index contributed by atoms with van der Waals surface area (Å²) in [5.41, 5.74) is 16.2. The molecule has 0 saturated carbocycles. The van der Waals surface area contributed by atoms with Crippen molar-refractivity contribution in [1.82, 2.24) is 20.2 Å². The molecule has 11 heteroatoms. The molecule has 6 N–H and O–H groups in total. The number of amides is 3. The molecule has 2 heterocycles. The summed E-state index contributed by atoms with van der Waals surface area (Å²) >= 11 is 0. The van der Waals surface area contributed by atoms with E-state index in [1.54, 1.807) is 41.3 Å². The second-order valence-electron chi connectivity index (χ2n) is 11.2. The number of likely N-dealkylation sites (tertiary alicyclic amines) is 1. The van der Waals surface area contributed by atoms with Crippen LogP contribution in [0.5, 0.6) is 5.75 Å². The van der Waals surface area contributed by atoms with Crippen LogP contribution < -0.4 is 16.9 Å². The van der Waals surface area contributed by atoms with Gasteiger partial charge in [0.2, 0.25) is 11.8 Å². The Hall–Kier alpha value is -3.54. The molecule has 2 fully saturated rings. The van der Waals surface area contributed by atoms with Crippen molar-refractivity contribution >= 4 is 17.7 Å². The van der Waals surface area contributed by atoms with Crippen LogP contribution in [0.2, 0.25) is 0 Å². The summed E-state index contributed by atoms with van der Waals surface area (Å²) in [5.74, 6) is -2.09. The molecule has 0 aromatic heterocycles. The lowest BCUT2D eigenvalue weighted by molar-refractivity contribution is -0.141. The summed E-state index contributed by atoms with van der Waals surface area (Å²) in [7, 11) is 0. The molecule has 10 nitrogen and oxygen atoms in total. The monoisotopic (exact) mass is 568 g/mol. The first-order valence-corrected chi connectivity index (χ1v) is 14.3. The third kappa shape index (κ3) is 7.81. The molecule has 2 aliphatic rings. The van der Waals surface area contributed by atoms with Gasteiger partial charge in [-0.05, 0) is 68.1 Å². The van der Waals surface area contributed by atoms with Gasteiger partial charge in [0, 0.05) is 25.7 Å². The fraction of sp³-hybridized carbons (Fsp3) is 0.500. The van der Waals surface area contributed by atoms with Gasteiger partial charge in [0.1, 0.15) is 11.6 Å². The van der Waals surface area contributed by atoms with Gasteiger partial charge in [-0.3, -0.25) is 24.7 Å². The van der Waals surface area contributed by atoms with E-state index >= 15 is 0 Å². The zero-order valence-corrected chi connectivity index (χ0v) is 23.5. The summed E-state index contributed by atoms with van der Waals surface area (Å²) in [6.45, 7) is 3.56. The molecule has 222 valence electrons. The maximum Gasteiger partial charge on any atom is 0.259 e. The molecule has 0 aliphatic carbocycles. The van der Waals surface area contributed by atoms with Crippen LogP contribution in [-0.2, 0) is 27.3 Å². The molecule has 2 aromatic carbocycles. The average molecular weight is 569 g/mol. The van der Waals surface area contributed by atoms with Gasteiger partial charge in [-0.1, -0.05) is 37.1 Å². The number of nitrogens with one attached hydrogen (secondary N) is 1. The lowest BCUT2D eigenvalue weighted by Gasteiger charge is -2.24. The minimum atomic E-state index is -0.633. The molecule has 41 heavy (non-hydrogen) atoms. The second kappa shape index (κ2) is 13.9. The van der Waals surface area contributed by atoms with E-state index in [1.165, 1.54) is 17.1 Å². The van der Waals surface area contributed by atoms with E-state index in [1.807, 2.05) is 11.8 Å². The predicted octanol–water partition coefficient (Wildman–Crippen LogP) is 1.72. The van der Waals surface area contributed by atoms with E-state index in [9.17, 15) is 23.9 Å². The molecule has 4 atom stereocenters. The van der Waals surface area contributed by atoms with Crippen molar-refractivity contribution < 1.29 is 23.9 Å². The van der Waals surface area contributed by atoms with E-state index in [2.05, 4.69) is 5.43 Å². The van der Waals surface area contributed by atoms with Crippen molar-refractivity contribution in [2.24, 2.45) is 23.3 Å². The molecule has 0 spiro atoms. The lowest BCUT2D eigenvalue weighted by Crippen LogP contribution is -2.48. The van der Waals surface area contributed by atoms with Crippen LogP contribution in [0.15, 0.2) is 48.5 Å². The standard InChI is InChI=1S/C30H41FN6O4/c1-20(33)16-36-19-37(30(41)27(36)15-21-8-12-24(38)13-9-21)34-28(39)26-18-35(17-22-6-10-23(31)11-7-22)29(40)25(26)5-3-2-4-14-32/h6-13,20,25-27,38H,2-5,14-19,32-33H2,1H3,(H,34,39)/t20-,25?,26?,27+/m0/s1. The fourth-order valence-corrected chi connectivity index (χ4v) is 5.71. The number of nitrogens with two attached hydrogens (primary N) is 2. The van der Waals surface area contributed by atoms with Gasteiger partial charge in [0.15, 0.2) is 0 Å². The summed E-state index contributed by atoms with van der Waals surface area (Å²) in [5, 5.41) is 10.9. The van der Waals surface area contributed by atoms with Gasteiger partial charge < -0.3 is 21.5 Å². The van der Waals surface area contributed by atoms with Crippen molar-refractivity contribution in [2.45, 2.75) is 57.7 Å². The van der Waals surface area contributed by atoms with Gasteiger partial charge in [0.05, 0.1) is 24.5 Å². The van der Waals surface area contributed by atoms with Crippen LogP contribution in [-0.4, -0.2) is 76.0 Å². The van der Waals surface area contributed by atoms with Crippen molar-refractivity contribution in [3.63, 3.8) is 0 Å². The first-order valence-electron chi connectivity index (χ1n) is 14.3. The van der Waals surface area contributed by atoms with E-state index < -0.39 is 17.9 Å². The van der Waals surface area contributed by atoms with Gasteiger partial charge in [-0.2, -0.15) is 0 Å². The van der Waals surface area contributed by atoms with Crippen LogP contribution in [0.25, 0.3) is 0 Å². The lowest BCUT2D eigenvalue weighted by atomic mass is 9.89. The highest BCUT2D eigenvalue weighted by Crippen LogP contribution is 2.31. The van der Waals surface area contributed by atoms with E-state index in [4.69, 9.17) is 11.5 Å². The molecule has 0 radical (unpaired) electrons. The Morgan fingerprint density at radius 2 is 1.73 bits per heavy atom. The SMILES string of the molecule is C[C@H](N)CN1CN(NC(=O)C2CN(Cc3ccc(F)cc3)C(=O)C2CCCCCN)C(=O)[C@H]1Cc1ccc(O)cc1. The number of hydrogen-bond acceptors (Lipinski definition) is 7. The Kier molecular flexibility index (Phi) is 10.3. The number of benzene rings is 2. The van der Waals surface area contributed by atoms with Gasteiger partial charge >= 0.3 is 0 Å². The van der Waals surface area contributed by atoms with Gasteiger partial charge in [-0.15, -0.1) is 0 Å². The number of rotatable bonds is 13. The van der Waals surface area contributed by atoms with Crippen LogP contribution in [0.4, 0.5) is 4.39 Å². The molecular weight excluding hydrogens is 527 g/mol. The first kappa shape index (κ1) is 30.4. The Morgan fingerprint density at radius 3 is 2.39 bits per heavy atom. The maximum absolute atomic E-state index is 13.6. The number of aromatic hydroxyl groups is 1. The van der Waals surface area contributed by atoms with Crippen molar-refractivity contribution in [3.8, 4) is 5.75 Å². The largest absolute Gasteiger partial charge is 0.508 e. The average Bonchev–Trinajstić information content (AvgIpc) is 3.39. The molecule has 3 amide bonds. The number of hydrazine groups is 1. The molecule has 4 rings (SSSR count). The minimum absolute atomic E-state index is 0.112. The normalized spacial score (nSPS) is 22.0. The predicted molar refractivity (Wildman–Crippen MR) is 152 cm³/mol. The molecular formula is C30H41FN6O4. The number of unbranched alkanes of at least 4 members (excludes halogenated alkanes) is 2. The van der Waals surface area contributed by atoms with Crippen molar-refractivity contribution in [2.75, 3.05) is 26.3 Å². The molecule has 2 aromatic rings. The molecule has 0 bridgehead atoms. The zero-order chi connectivity index (χ0) is 29.5. The first-order chi connectivity index (χ1) is 19.7. The number of halogens is 1. The zero-order valence-electron chi connectivity index (χ0n) is 23.5. The Bertz CT molecular complexity index is 1190. The van der Waals surface area contributed by atoms with Crippen molar-refractivity contribution in [3.05, 3.63) is 65.5 Å². The fourth-order valence-electron chi connectivity index (χ4n) is 5.71. The van der Waals surface area contributed by atoms with Gasteiger partial charge in [0.25, 0.3) is 5.91 Å². The third-order valence-corrected chi connectivity index (χ3v) is 7.82. The highest BCUT2D eigenvalue weighted by molar-refractivity contribution is 5.93. The summed E-state index contributed by atoms with van der Waals surface area (Å²) in [6.07, 6.45) is 3.42. The number of carbonyl (C=O) groups excluding carboxylic acids is 3. The van der Waals surface area contributed by atoms with E-state index in [0.29, 0.717) is 25.9 Å².